The first-order chi connectivity index (χ1) is 7.91. The zero-order valence-corrected chi connectivity index (χ0v) is 11.6. The Morgan fingerprint density at radius 3 is 2.47 bits per heavy atom. The number of carbonyl (C=O) groups is 1. The van der Waals surface area contributed by atoms with Gasteiger partial charge in [-0.25, -0.2) is 0 Å². The quantitative estimate of drug-likeness (QED) is 0.588. The minimum Gasteiger partial charge on any atom is -0.371 e. The van der Waals surface area contributed by atoms with Gasteiger partial charge in [0.1, 0.15) is 0 Å². The van der Waals surface area contributed by atoms with Gasteiger partial charge >= 0.3 is 0 Å². The lowest BCUT2D eigenvalue weighted by atomic mass is 9.89. The molecule has 1 N–H and O–H groups in total. The molecule has 0 aromatic rings. The Hall–Kier alpha value is -1.07. The fourth-order valence-electron chi connectivity index (χ4n) is 1.40. The van der Waals surface area contributed by atoms with Gasteiger partial charge in [0.25, 0.3) is 0 Å². The summed E-state index contributed by atoms with van der Waals surface area (Å²) in [4.78, 5) is 12.1. The molecule has 0 aromatic heterocycles. The first-order valence-electron chi connectivity index (χ1n) is 6.34. The molecule has 0 bridgehead atoms. The molecule has 2 heteroatoms. The number of hydrogen-bond acceptors (Lipinski definition) is 2. The van der Waals surface area contributed by atoms with Gasteiger partial charge in [-0.15, -0.1) is 0 Å². The highest BCUT2D eigenvalue weighted by molar-refractivity contribution is 6.03. The molecular weight excluding hydrogens is 212 g/mol. The molecule has 0 radical (unpaired) electrons. The molecule has 0 saturated heterocycles. The number of ketones is 1. The SMILES string of the molecule is CC=C(C)C(=O)C(O)(C#CC(C)CC)CCC. The highest BCUT2D eigenvalue weighted by atomic mass is 16.3. The second-order valence-corrected chi connectivity index (χ2v) is 4.49. The Balaban J connectivity index is 5.14. The van der Waals surface area contributed by atoms with Crippen molar-refractivity contribution in [2.75, 3.05) is 0 Å². The number of carbonyl (C=O) groups excluding carboxylic acids is 1. The summed E-state index contributed by atoms with van der Waals surface area (Å²) in [5.74, 6) is 5.69. The van der Waals surface area contributed by atoms with Crippen LogP contribution < -0.4 is 0 Å². The van der Waals surface area contributed by atoms with Crippen molar-refractivity contribution in [2.24, 2.45) is 5.92 Å². The van der Waals surface area contributed by atoms with Crippen molar-refractivity contribution in [3.05, 3.63) is 11.6 Å². The Labute approximate surface area is 105 Å². The maximum Gasteiger partial charge on any atom is 0.202 e. The lowest BCUT2D eigenvalue weighted by molar-refractivity contribution is -0.128. The zero-order valence-electron chi connectivity index (χ0n) is 11.6. The van der Waals surface area contributed by atoms with Gasteiger partial charge in [0.15, 0.2) is 5.60 Å². The van der Waals surface area contributed by atoms with Crippen molar-refractivity contribution in [3.63, 3.8) is 0 Å². The fraction of sp³-hybridized carbons (Fsp3) is 0.667. The molecule has 96 valence electrons. The summed E-state index contributed by atoms with van der Waals surface area (Å²) in [5, 5.41) is 10.4. The van der Waals surface area contributed by atoms with Crippen molar-refractivity contribution in [1.29, 1.82) is 0 Å². The van der Waals surface area contributed by atoms with Crippen molar-refractivity contribution < 1.29 is 9.90 Å². The predicted octanol–water partition coefficient (Wildman–Crippen LogP) is 3.10. The minimum absolute atomic E-state index is 0.206. The minimum atomic E-state index is -1.51. The third kappa shape index (κ3) is 4.75. The van der Waals surface area contributed by atoms with Gasteiger partial charge in [0.2, 0.25) is 5.78 Å². The third-order valence-electron chi connectivity index (χ3n) is 2.92. The van der Waals surface area contributed by atoms with Crippen LogP contribution in [0.25, 0.3) is 0 Å². The van der Waals surface area contributed by atoms with Gasteiger partial charge in [-0.2, -0.15) is 0 Å². The van der Waals surface area contributed by atoms with Gasteiger partial charge in [-0.05, 0) is 32.3 Å². The summed E-state index contributed by atoms with van der Waals surface area (Å²) in [6.07, 6.45) is 3.76. The first kappa shape index (κ1) is 15.9. The van der Waals surface area contributed by atoms with E-state index in [0.29, 0.717) is 12.0 Å². The average Bonchev–Trinajstić information content (AvgIpc) is 2.34. The van der Waals surface area contributed by atoms with E-state index < -0.39 is 5.60 Å². The smallest absolute Gasteiger partial charge is 0.202 e. The summed E-state index contributed by atoms with van der Waals surface area (Å²) in [6, 6.07) is 0. The normalized spacial score (nSPS) is 16.7. The van der Waals surface area contributed by atoms with Gasteiger partial charge in [0, 0.05) is 5.92 Å². The highest BCUT2D eigenvalue weighted by Gasteiger charge is 2.33. The Kier molecular flexibility index (Phi) is 6.83. The van der Waals surface area contributed by atoms with Crippen molar-refractivity contribution >= 4 is 5.78 Å². The molecule has 2 nitrogen and oxygen atoms in total. The molecule has 0 saturated carbocycles. The van der Waals surface area contributed by atoms with E-state index in [9.17, 15) is 9.90 Å². The van der Waals surface area contributed by atoms with Crippen LogP contribution in [0.15, 0.2) is 11.6 Å². The average molecular weight is 236 g/mol. The van der Waals surface area contributed by atoms with Crippen LogP contribution in [-0.2, 0) is 4.79 Å². The van der Waals surface area contributed by atoms with E-state index in [0.717, 1.165) is 12.8 Å². The van der Waals surface area contributed by atoms with E-state index in [1.165, 1.54) is 0 Å². The molecule has 2 unspecified atom stereocenters. The Morgan fingerprint density at radius 2 is 2.06 bits per heavy atom. The summed E-state index contributed by atoms with van der Waals surface area (Å²) in [5.41, 5.74) is -0.936. The van der Waals surface area contributed by atoms with Gasteiger partial charge in [-0.3, -0.25) is 4.79 Å². The van der Waals surface area contributed by atoms with E-state index in [1.807, 2.05) is 20.8 Å². The molecule has 0 heterocycles. The van der Waals surface area contributed by atoms with Crippen LogP contribution in [0.2, 0.25) is 0 Å². The standard InChI is InChI=1S/C15H24O2/c1-6-10-15(17,11-9-12(4)7-2)14(16)13(5)8-3/h8,12,17H,6-7,10H2,1-5H3. The first-order valence-corrected chi connectivity index (χ1v) is 6.34. The van der Waals surface area contributed by atoms with E-state index in [-0.39, 0.29) is 11.7 Å². The van der Waals surface area contributed by atoms with E-state index in [1.54, 1.807) is 19.9 Å². The maximum atomic E-state index is 12.1. The van der Waals surface area contributed by atoms with Crippen LogP contribution in [-0.4, -0.2) is 16.5 Å². The third-order valence-corrected chi connectivity index (χ3v) is 2.92. The number of rotatable bonds is 5. The molecule has 0 fully saturated rings. The molecule has 0 rings (SSSR count). The van der Waals surface area contributed by atoms with Crippen LogP contribution >= 0.6 is 0 Å². The summed E-state index contributed by atoms with van der Waals surface area (Å²) in [6.45, 7) is 9.48. The van der Waals surface area contributed by atoms with Gasteiger partial charge in [0.05, 0.1) is 0 Å². The lowest BCUT2D eigenvalue weighted by Gasteiger charge is -2.20. The molecule has 0 aliphatic rings. The molecule has 0 amide bonds. The monoisotopic (exact) mass is 236 g/mol. The number of aliphatic hydroxyl groups is 1. The van der Waals surface area contributed by atoms with E-state index in [2.05, 4.69) is 11.8 Å². The van der Waals surface area contributed by atoms with E-state index >= 15 is 0 Å². The molecule has 0 aliphatic carbocycles. The summed E-state index contributed by atoms with van der Waals surface area (Å²) < 4.78 is 0. The van der Waals surface area contributed by atoms with Gasteiger partial charge < -0.3 is 5.11 Å². The van der Waals surface area contributed by atoms with Crippen molar-refractivity contribution in [2.45, 2.75) is 59.5 Å². The highest BCUT2D eigenvalue weighted by Crippen LogP contribution is 2.18. The van der Waals surface area contributed by atoms with Crippen LogP contribution in [0.5, 0.6) is 0 Å². The number of hydrogen-bond donors (Lipinski definition) is 1. The van der Waals surface area contributed by atoms with Crippen molar-refractivity contribution in [3.8, 4) is 11.8 Å². The van der Waals surface area contributed by atoms with Crippen LogP contribution in [0, 0.1) is 17.8 Å². The lowest BCUT2D eigenvalue weighted by Crippen LogP contribution is -2.37. The summed E-state index contributed by atoms with van der Waals surface area (Å²) in [7, 11) is 0. The molecular formula is C15H24O2. The second-order valence-electron chi connectivity index (χ2n) is 4.49. The molecule has 17 heavy (non-hydrogen) atoms. The molecule has 0 aliphatic heterocycles. The predicted molar refractivity (Wildman–Crippen MR) is 71.5 cm³/mol. The summed E-state index contributed by atoms with van der Waals surface area (Å²) >= 11 is 0. The largest absolute Gasteiger partial charge is 0.371 e. The maximum absolute atomic E-state index is 12.1. The topological polar surface area (TPSA) is 37.3 Å². The number of Topliss-reactive ketones (excluding diaryl/α,β-unsaturated/α-hetero) is 1. The van der Waals surface area contributed by atoms with Crippen molar-refractivity contribution in [1.82, 2.24) is 0 Å². The second kappa shape index (κ2) is 7.29. The zero-order chi connectivity index (χ0) is 13.5. The Morgan fingerprint density at radius 1 is 1.47 bits per heavy atom. The number of allylic oxidation sites excluding steroid dienone is 1. The molecule has 0 spiro atoms. The molecule has 2 atom stereocenters. The van der Waals surface area contributed by atoms with Crippen LogP contribution in [0.1, 0.15) is 53.9 Å². The Bertz CT molecular complexity index is 344. The van der Waals surface area contributed by atoms with Crippen LogP contribution in [0.4, 0.5) is 0 Å². The van der Waals surface area contributed by atoms with Gasteiger partial charge in [-0.1, -0.05) is 45.1 Å². The van der Waals surface area contributed by atoms with Crippen LogP contribution in [0.3, 0.4) is 0 Å². The van der Waals surface area contributed by atoms with E-state index in [4.69, 9.17) is 0 Å². The molecule has 0 aromatic carbocycles. The fourth-order valence-corrected chi connectivity index (χ4v) is 1.40.